The molecule has 4 heteroatoms. The van der Waals surface area contributed by atoms with Gasteiger partial charge in [-0.15, -0.1) is 0 Å². The van der Waals surface area contributed by atoms with Gasteiger partial charge < -0.3 is 4.52 Å². The summed E-state index contributed by atoms with van der Waals surface area (Å²) in [6.07, 6.45) is 5.18. The van der Waals surface area contributed by atoms with Crippen LogP contribution in [0.2, 0.25) is 0 Å². The van der Waals surface area contributed by atoms with Crippen molar-refractivity contribution in [3.05, 3.63) is 47.6 Å². The van der Waals surface area contributed by atoms with Crippen LogP contribution in [-0.2, 0) is 17.6 Å². The van der Waals surface area contributed by atoms with Crippen LogP contribution in [0.15, 0.2) is 34.9 Å². The molecule has 0 saturated heterocycles. The molecular formula is C16H18N2O2. The fourth-order valence-electron chi connectivity index (χ4n) is 2.66. The second kappa shape index (κ2) is 5.99. The van der Waals surface area contributed by atoms with Crippen molar-refractivity contribution in [2.24, 2.45) is 0 Å². The molecule has 4 nitrogen and oxygen atoms in total. The smallest absolute Gasteiger partial charge is 0.237 e. The lowest BCUT2D eigenvalue weighted by Gasteiger charge is -2.16. The van der Waals surface area contributed by atoms with Crippen molar-refractivity contribution in [1.29, 1.82) is 0 Å². The molecule has 20 heavy (non-hydrogen) atoms. The zero-order chi connectivity index (χ0) is 13.8. The van der Waals surface area contributed by atoms with Gasteiger partial charge in [0.25, 0.3) is 0 Å². The largest absolute Gasteiger partial charge is 0.339 e. The first-order chi connectivity index (χ1) is 9.83. The van der Waals surface area contributed by atoms with E-state index >= 15 is 0 Å². The summed E-state index contributed by atoms with van der Waals surface area (Å²) in [5.74, 6) is 1.29. The minimum Gasteiger partial charge on any atom is -0.339 e. The predicted octanol–water partition coefficient (Wildman–Crippen LogP) is 3.08. The van der Waals surface area contributed by atoms with Gasteiger partial charge in [0.1, 0.15) is 5.78 Å². The molecule has 0 aliphatic heterocycles. The second-order valence-electron chi connectivity index (χ2n) is 5.30. The van der Waals surface area contributed by atoms with Crippen molar-refractivity contribution in [2.75, 3.05) is 0 Å². The number of aromatic nitrogens is 2. The third-order valence-corrected chi connectivity index (χ3v) is 3.82. The van der Waals surface area contributed by atoms with Gasteiger partial charge in [-0.25, -0.2) is 0 Å². The van der Waals surface area contributed by atoms with Gasteiger partial charge in [-0.3, -0.25) is 4.79 Å². The highest BCUT2D eigenvalue weighted by Gasteiger charge is 2.28. The van der Waals surface area contributed by atoms with Gasteiger partial charge in [-0.05, 0) is 24.8 Å². The quantitative estimate of drug-likeness (QED) is 0.856. The molecule has 2 aromatic rings. The molecule has 0 spiro atoms. The number of nitrogens with zero attached hydrogens (tertiary/aromatic N) is 2. The molecule has 1 aliphatic rings. The van der Waals surface area contributed by atoms with Crippen LogP contribution in [0.25, 0.3) is 0 Å². The summed E-state index contributed by atoms with van der Waals surface area (Å²) in [6, 6.07) is 10.2. The van der Waals surface area contributed by atoms with E-state index in [2.05, 4.69) is 22.3 Å². The number of hydrogen-bond donors (Lipinski definition) is 0. The molecule has 1 fully saturated rings. The normalized spacial score (nSPS) is 19.2. The summed E-state index contributed by atoms with van der Waals surface area (Å²) in [5, 5.41) is 4.00. The van der Waals surface area contributed by atoms with E-state index in [1.807, 2.05) is 18.2 Å². The molecule has 1 aromatic heterocycles. The zero-order valence-corrected chi connectivity index (χ0v) is 11.4. The number of Topliss-reactive ketones (excluding diaryl/α,β-unsaturated/α-hetero) is 1. The lowest BCUT2D eigenvalue weighted by molar-refractivity contribution is -0.122. The van der Waals surface area contributed by atoms with Crippen molar-refractivity contribution in [3.63, 3.8) is 0 Å². The maximum Gasteiger partial charge on any atom is 0.237 e. The Bertz CT molecular complexity index is 577. The Morgan fingerprint density at radius 3 is 2.80 bits per heavy atom. The van der Waals surface area contributed by atoms with Crippen molar-refractivity contribution >= 4 is 5.78 Å². The van der Waals surface area contributed by atoms with Crippen molar-refractivity contribution in [1.82, 2.24) is 10.1 Å². The molecule has 1 aromatic carbocycles. The number of aryl methyl sites for hydroxylation is 2. The topological polar surface area (TPSA) is 56.0 Å². The lowest BCUT2D eigenvalue weighted by atomic mass is 9.88. The number of carbonyl (C=O) groups is 1. The van der Waals surface area contributed by atoms with E-state index in [4.69, 9.17) is 4.52 Å². The second-order valence-corrected chi connectivity index (χ2v) is 5.30. The minimum absolute atomic E-state index is 0.165. The van der Waals surface area contributed by atoms with Crippen molar-refractivity contribution in [2.45, 2.75) is 44.4 Å². The van der Waals surface area contributed by atoms with Crippen LogP contribution < -0.4 is 0 Å². The van der Waals surface area contributed by atoms with Crippen molar-refractivity contribution < 1.29 is 9.32 Å². The molecule has 1 aliphatic carbocycles. The molecule has 0 radical (unpaired) electrons. The Morgan fingerprint density at radius 1 is 1.15 bits per heavy atom. The number of benzene rings is 1. The van der Waals surface area contributed by atoms with E-state index in [0.717, 1.165) is 32.1 Å². The van der Waals surface area contributed by atoms with E-state index in [1.165, 1.54) is 5.56 Å². The number of hydrogen-bond acceptors (Lipinski definition) is 4. The van der Waals surface area contributed by atoms with Crippen LogP contribution in [0.3, 0.4) is 0 Å². The van der Waals surface area contributed by atoms with E-state index in [0.29, 0.717) is 18.1 Å². The molecule has 0 bridgehead atoms. The lowest BCUT2D eigenvalue weighted by Crippen LogP contribution is -2.17. The Labute approximate surface area is 118 Å². The first kappa shape index (κ1) is 13.0. The van der Waals surface area contributed by atoms with E-state index in [9.17, 15) is 4.79 Å². The van der Waals surface area contributed by atoms with Crippen LogP contribution >= 0.6 is 0 Å². The van der Waals surface area contributed by atoms with E-state index < -0.39 is 0 Å². The summed E-state index contributed by atoms with van der Waals surface area (Å²) in [7, 11) is 0. The molecule has 3 rings (SSSR count). The SMILES string of the molecule is O=C1CCCCC1c1nc(CCc2ccccc2)no1. The van der Waals surface area contributed by atoms with Crippen molar-refractivity contribution in [3.8, 4) is 0 Å². The van der Waals surface area contributed by atoms with Gasteiger partial charge in [-0.2, -0.15) is 4.98 Å². The van der Waals surface area contributed by atoms with Crippen LogP contribution in [0.5, 0.6) is 0 Å². The average molecular weight is 270 g/mol. The van der Waals surface area contributed by atoms with Gasteiger partial charge in [0.2, 0.25) is 5.89 Å². The highest BCUT2D eigenvalue weighted by Crippen LogP contribution is 2.28. The number of rotatable bonds is 4. The standard InChI is InChI=1S/C16H18N2O2/c19-14-9-5-4-8-13(14)16-17-15(18-20-16)11-10-12-6-2-1-3-7-12/h1-3,6-7,13H,4-5,8-11H2. The highest BCUT2D eigenvalue weighted by molar-refractivity contribution is 5.85. The molecule has 1 saturated carbocycles. The van der Waals surface area contributed by atoms with E-state index in [1.54, 1.807) is 0 Å². The zero-order valence-electron chi connectivity index (χ0n) is 11.4. The molecule has 1 atom stereocenters. The van der Waals surface area contributed by atoms with Crippen LogP contribution in [0.4, 0.5) is 0 Å². The molecule has 0 N–H and O–H groups in total. The third-order valence-electron chi connectivity index (χ3n) is 3.82. The first-order valence-electron chi connectivity index (χ1n) is 7.22. The Kier molecular flexibility index (Phi) is 3.90. The highest BCUT2D eigenvalue weighted by atomic mass is 16.5. The molecular weight excluding hydrogens is 252 g/mol. The van der Waals surface area contributed by atoms with E-state index in [-0.39, 0.29) is 11.7 Å². The maximum atomic E-state index is 11.9. The Balaban J connectivity index is 1.63. The molecule has 1 heterocycles. The molecule has 104 valence electrons. The van der Waals surface area contributed by atoms with Gasteiger partial charge in [0, 0.05) is 12.8 Å². The summed E-state index contributed by atoms with van der Waals surface area (Å²) in [5.41, 5.74) is 1.26. The predicted molar refractivity (Wildman–Crippen MR) is 74.4 cm³/mol. The first-order valence-corrected chi connectivity index (χ1v) is 7.22. The van der Waals surface area contributed by atoms with Crippen LogP contribution in [0.1, 0.15) is 48.9 Å². The minimum atomic E-state index is -0.165. The molecule has 0 amide bonds. The Morgan fingerprint density at radius 2 is 2.00 bits per heavy atom. The van der Waals surface area contributed by atoms with Gasteiger partial charge in [-0.1, -0.05) is 41.9 Å². The van der Waals surface area contributed by atoms with Gasteiger partial charge in [0.15, 0.2) is 5.82 Å². The number of carbonyl (C=O) groups excluding carboxylic acids is 1. The fraction of sp³-hybridized carbons (Fsp3) is 0.438. The fourth-order valence-corrected chi connectivity index (χ4v) is 2.66. The maximum absolute atomic E-state index is 11.9. The van der Waals surface area contributed by atoms with Gasteiger partial charge >= 0.3 is 0 Å². The summed E-state index contributed by atoms with van der Waals surface area (Å²) in [6.45, 7) is 0. The third kappa shape index (κ3) is 2.95. The Hall–Kier alpha value is -1.97. The number of ketones is 1. The van der Waals surface area contributed by atoms with Gasteiger partial charge in [0.05, 0.1) is 5.92 Å². The average Bonchev–Trinajstić information content (AvgIpc) is 2.95. The van der Waals surface area contributed by atoms with Crippen LogP contribution in [0, 0.1) is 0 Å². The summed E-state index contributed by atoms with van der Waals surface area (Å²) >= 11 is 0. The van der Waals surface area contributed by atoms with Crippen LogP contribution in [-0.4, -0.2) is 15.9 Å². The monoisotopic (exact) mass is 270 g/mol. The summed E-state index contributed by atoms with van der Waals surface area (Å²) < 4.78 is 5.28. The molecule has 1 unspecified atom stereocenters. The summed E-state index contributed by atoms with van der Waals surface area (Å²) in [4.78, 5) is 16.3.